The zero-order valence-electron chi connectivity index (χ0n) is 12.6. The van der Waals surface area contributed by atoms with Gasteiger partial charge < -0.3 is 0 Å². The van der Waals surface area contributed by atoms with Crippen LogP contribution < -0.4 is 0 Å². The minimum atomic E-state index is 0.750. The highest BCUT2D eigenvalue weighted by molar-refractivity contribution is 7.98. The number of aromatic nitrogens is 4. The van der Waals surface area contributed by atoms with Crippen molar-refractivity contribution in [2.24, 2.45) is 0 Å². The SMILES string of the molecule is Cc1sc2ncn3c(SCc4ccccc4Cl)nnc3c2c1C. The van der Waals surface area contributed by atoms with E-state index < -0.39 is 0 Å². The van der Waals surface area contributed by atoms with Crippen LogP contribution in [-0.4, -0.2) is 19.6 Å². The zero-order chi connectivity index (χ0) is 16.0. The Balaban J connectivity index is 1.74. The standard InChI is InChI=1S/C16H13ClN4S2/c1-9-10(2)23-15-13(9)14-19-20-16(21(14)8-18-15)22-7-11-5-3-4-6-12(11)17/h3-6,8H,7H2,1-2H3. The van der Waals surface area contributed by atoms with Gasteiger partial charge >= 0.3 is 0 Å². The molecule has 0 N–H and O–H groups in total. The Bertz CT molecular complexity index is 1020. The monoisotopic (exact) mass is 360 g/mol. The number of nitrogens with zero attached hydrogens (tertiary/aromatic N) is 4. The van der Waals surface area contributed by atoms with Crippen LogP contribution in [0.15, 0.2) is 35.7 Å². The van der Waals surface area contributed by atoms with Gasteiger partial charge in [0.2, 0.25) is 0 Å². The predicted molar refractivity (Wildman–Crippen MR) is 96.7 cm³/mol. The molecule has 0 unspecified atom stereocenters. The second-order valence-electron chi connectivity index (χ2n) is 5.26. The number of aryl methyl sites for hydroxylation is 2. The van der Waals surface area contributed by atoms with E-state index in [4.69, 9.17) is 11.6 Å². The largest absolute Gasteiger partial charge is 0.260 e. The summed E-state index contributed by atoms with van der Waals surface area (Å²) in [6.07, 6.45) is 1.81. The minimum Gasteiger partial charge on any atom is -0.260 e. The molecule has 0 bridgehead atoms. The lowest BCUT2D eigenvalue weighted by atomic mass is 10.2. The summed E-state index contributed by atoms with van der Waals surface area (Å²) >= 11 is 9.53. The van der Waals surface area contributed by atoms with Gasteiger partial charge in [0.1, 0.15) is 11.2 Å². The van der Waals surface area contributed by atoms with Crippen LogP contribution in [0, 0.1) is 13.8 Å². The highest BCUT2D eigenvalue weighted by Crippen LogP contribution is 2.33. The van der Waals surface area contributed by atoms with Gasteiger partial charge in [0.25, 0.3) is 0 Å². The highest BCUT2D eigenvalue weighted by atomic mass is 35.5. The molecule has 0 radical (unpaired) electrons. The smallest absolute Gasteiger partial charge is 0.197 e. The molecule has 23 heavy (non-hydrogen) atoms. The van der Waals surface area contributed by atoms with Crippen LogP contribution in [-0.2, 0) is 5.75 Å². The number of thiophene rings is 1. The van der Waals surface area contributed by atoms with Gasteiger partial charge in [-0.05, 0) is 31.0 Å². The predicted octanol–water partition coefficient (Wildman–Crippen LogP) is 4.90. The molecule has 0 saturated carbocycles. The van der Waals surface area contributed by atoms with E-state index in [1.807, 2.05) is 35.0 Å². The number of rotatable bonds is 3. The minimum absolute atomic E-state index is 0.750. The fraction of sp³-hybridized carbons (Fsp3) is 0.188. The second-order valence-corrected chi connectivity index (χ2v) is 7.82. The molecule has 7 heteroatoms. The molecule has 0 fully saturated rings. The van der Waals surface area contributed by atoms with Gasteiger partial charge in [-0.2, -0.15) is 0 Å². The van der Waals surface area contributed by atoms with Crippen LogP contribution >= 0.6 is 34.7 Å². The average molecular weight is 361 g/mol. The van der Waals surface area contributed by atoms with Crippen molar-refractivity contribution in [3.05, 3.63) is 51.6 Å². The number of fused-ring (bicyclic) bond motifs is 3. The first-order valence-corrected chi connectivity index (χ1v) is 9.29. The van der Waals surface area contributed by atoms with E-state index in [0.29, 0.717) is 0 Å². The maximum atomic E-state index is 6.22. The number of hydrogen-bond donors (Lipinski definition) is 0. The van der Waals surface area contributed by atoms with Crippen LogP contribution in [0.25, 0.3) is 15.9 Å². The van der Waals surface area contributed by atoms with Crippen LogP contribution in [0.1, 0.15) is 16.0 Å². The summed E-state index contributed by atoms with van der Waals surface area (Å²) in [5, 5.41) is 11.4. The number of benzene rings is 1. The summed E-state index contributed by atoms with van der Waals surface area (Å²) in [6, 6.07) is 7.86. The molecule has 1 aromatic carbocycles. The molecule has 0 atom stereocenters. The normalized spacial score (nSPS) is 11.6. The Morgan fingerprint density at radius 1 is 1.22 bits per heavy atom. The third-order valence-corrected chi connectivity index (χ3v) is 6.34. The lowest BCUT2D eigenvalue weighted by Crippen LogP contribution is -1.91. The first-order chi connectivity index (χ1) is 11.1. The average Bonchev–Trinajstić information content (AvgIpc) is 3.08. The van der Waals surface area contributed by atoms with E-state index in [2.05, 4.69) is 29.0 Å². The number of halogens is 1. The first-order valence-electron chi connectivity index (χ1n) is 7.11. The Hall–Kier alpha value is -1.63. The molecule has 0 aliphatic rings. The van der Waals surface area contributed by atoms with Gasteiger partial charge in [0.15, 0.2) is 10.8 Å². The fourth-order valence-corrected chi connectivity index (χ4v) is 4.66. The number of hydrogen-bond acceptors (Lipinski definition) is 5. The van der Waals surface area contributed by atoms with Gasteiger partial charge in [0, 0.05) is 15.7 Å². The summed E-state index contributed by atoms with van der Waals surface area (Å²) in [5.74, 6) is 0.750. The van der Waals surface area contributed by atoms with Crippen LogP contribution in [0.4, 0.5) is 0 Å². The Morgan fingerprint density at radius 3 is 2.87 bits per heavy atom. The topological polar surface area (TPSA) is 43.1 Å². The molecule has 0 saturated heterocycles. The third kappa shape index (κ3) is 2.51. The molecule has 0 aliphatic heterocycles. The summed E-state index contributed by atoms with van der Waals surface area (Å²) in [5.41, 5.74) is 3.20. The molecule has 4 aromatic rings. The van der Waals surface area contributed by atoms with Crippen LogP contribution in [0.5, 0.6) is 0 Å². The molecule has 0 amide bonds. The maximum Gasteiger partial charge on any atom is 0.197 e. The van der Waals surface area contributed by atoms with Crippen LogP contribution in [0.3, 0.4) is 0 Å². The lowest BCUT2D eigenvalue weighted by Gasteiger charge is -2.03. The summed E-state index contributed by atoms with van der Waals surface area (Å²) < 4.78 is 1.96. The van der Waals surface area contributed by atoms with Crippen molar-refractivity contribution in [3.8, 4) is 0 Å². The molecular formula is C16H13ClN4S2. The maximum absolute atomic E-state index is 6.22. The quantitative estimate of drug-likeness (QED) is 0.487. The molecule has 3 aromatic heterocycles. The van der Waals surface area contributed by atoms with Crippen molar-refractivity contribution >= 4 is 50.6 Å². The molecule has 4 rings (SSSR count). The third-order valence-electron chi connectivity index (χ3n) is 3.86. The van der Waals surface area contributed by atoms with Gasteiger partial charge in [0.05, 0.1) is 5.39 Å². The van der Waals surface area contributed by atoms with Crippen molar-refractivity contribution in [2.75, 3.05) is 0 Å². The van der Waals surface area contributed by atoms with E-state index in [1.165, 1.54) is 10.4 Å². The molecule has 0 aliphatic carbocycles. The van der Waals surface area contributed by atoms with Crippen LogP contribution in [0.2, 0.25) is 5.02 Å². The van der Waals surface area contributed by atoms with Gasteiger partial charge in [-0.1, -0.05) is 41.6 Å². The van der Waals surface area contributed by atoms with Crippen molar-refractivity contribution < 1.29 is 0 Å². The zero-order valence-corrected chi connectivity index (χ0v) is 15.0. The molecule has 0 spiro atoms. The summed E-state index contributed by atoms with van der Waals surface area (Å²) in [6.45, 7) is 4.22. The van der Waals surface area contributed by atoms with Crippen molar-refractivity contribution in [1.82, 2.24) is 19.6 Å². The Kier molecular flexibility index (Phi) is 3.75. The van der Waals surface area contributed by atoms with Gasteiger partial charge in [-0.15, -0.1) is 21.5 Å². The van der Waals surface area contributed by atoms with E-state index >= 15 is 0 Å². The van der Waals surface area contributed by atoms with E-state index in [9.17, 15) is 0 Å². The first kappa shape index (κ1) is 14.9. The molecule has 4 nitrogen and oxygen atoms in total. The molecule has 116 valence electrons. The Labute approximate surface area is 146 Å². The fourth-order valence-electron chi connectivity index (χ4n) is 2.48. The highest BCUT2D eigenvalue weighted by Gasteiger charge is 2.15. The summed E-state index contributed by atoms with van der Waals surface area (Å²) in [4.78, 5) is 6.85. The van der Waals surface area contributed by atoms with Crippen molar-refractivity contribution in [2.45, 2.75) is 24.8 Å². The van der Waals surface area contributed by atoms with E-state index in [0.717, 1.165) is 37.4 Å². The van der Waals surface area contributed by atoms with Crippen molar-refractivity contribution in [1.29, 1.82) is 0 Å². The van der Waals surface area contributed by atoms with Gasteiger partial charge in [-0.3, -0.25) is 4.40 Å². The van der Waals surface area contributed by atoms with E-state index in [1.54, 1.807) is 23.1 Å². The molecular weight excluding hydrogens is 348 g/mol. The van der Waals surface area contributed by atoms with E-state index in [-0.39, 0.29) is 0 Å². The number of thioether (sulfide) groups is 1. The Morgan fingerprint density at radius 2 is 2.04 bits per heavy atom. The van der Waals surface area contributed by atoms with Crippen molar-refractivity contribution in [3.63, 3.8) is 0 Å². The summed E-state index contributed by atoms with van der Waals surface area (Å²) in [7, 11) is 0. The van der Waals surface area contributed by atoms with Gasteiger partial charge in [-0.25, -0.2) is 4.98 Å². The second kappa shape index (κ2) is 5.78. The lowest BCUT2D eigenvalue weighted by molar-refractivity contribution is 0.907. The molecule has 3 heterocycles.